The van der Waals surface area contributed by atoms with E-state index in [-0.39, 0.29) is 0 Å². The van der Waals surface area contributed by atoms with E-state index >= 15 is 0 Å². The number of anilines is 1. The highest BCUT2D eigenvalue weighted by Crippen LogP contribution is 2.29. The van der Waals surface area contributed by atoms with Crippen molar-refractivity contribution in [3.8, 4) is 0 Å². The molecule has 62 valence electrons. The SMILES string of the molecule is CCC(C)(O)c1cnc(N)s1. The summed E-state index contributed by atoms with van der Waals surface area (Å²) in [6.45, 7) is 3.69. The van der Waals surface area contributed by atoms with Gasteiger partial charge in [-0.05, 0) is 13.3 Å². The van der Waals surface area contributed by atoms with E-state index in [1.54, 1.807) is 13.1 Å². The van der Waals surface area contributed by atoms with Gasteiger partial charge in [0.2, 0.25) is 0 Å². The topological polar surface area (TPSA) is 59.1 Å². The first kappa shape index (κ1) is 8.49. The number of hydrogen-bond donors (Lipinski definition) is 2. The van der Waals surface area contributed by atoms with Crippen LogP contribution in [0.25, 0.3) is 0 Å². The Bertz CT molecular complexity index is 244. The van der Waals surface area contributed by atoms with Crippen molar-refractivity contribution in [1.29, 1.82) is 0 Å². The molecule has 1 rings (SSSR count). The van der Waals surface area contributed by atoms with Gasteiger partial charge in [-0.3, -0.25) is 0 Å². The monoisotopic (exact) mass is 172 g/mol. The summed E-state index contributed by atoms with van der Waals surface area (Å²) in [4.78, 5) is 4.70. The molecular weight excluding hydrogens is 160 g/mol. The standard InChI is InChI=1S/C7H12N2OS/c1-3-7(2,10)5-4-9-6(8)11-5/h4,10H,3H2,1-2H3,(H2,8,9). The lowest BCUT2D eigenvalue weighted by molar-refractivity contribution is 0.0567. The lowest BCUT2D eigenvalue weighted by Crippen LogP contribution is -2.17. The third kappa shape index (κ3) is 1.70. The zero-order valence-electron chi connectivity index (χ0n) is 6.66. The van der Waals surface area contributed by atoms with E-state index in [1.807, 2.05) is 6.92 Å². The Labute approximate surface area is 69.9 Å². The largest absolute Gasteiger partial charge is 0.385 e. The Morgan fingerprint density at radius 2 is 2.45 bits per heavy atom. The second-order valence-electron chi connectivity index (χ2n) is 2.69. The van der Waals surface area contributed by atoms with Crippen LogP contribution in [0.15, 0.2) is 6.20 Å². The molecule has 0 aliphatic carbocycles. The molecule has 0 radical (unpaired) electrons. The molecule has 0 amide bonds. The lowest BCUT2D eigenvalue weighted by Gasteiger charge is -2.17. The van der Waals surface area contributed by atoms with Crippen molar-refractivity contribution in [1.82, 2.24) is 4.98 Å². The first-order valence-corrected chi connectivity index (χ1v) is 4.32. The van der Waals surface area contributed by atoms with E-state index in [1.165, 1.54) is 11.3 Å². The van der Waals surface area contributed by atoms with E-state index in [0.29, 0.717) is 11.6 Å². The minimum Gasteiger partial charge on any atom is -0.385 e. The van der Waals surface area contributed by atoms with E-state index in [0.717, 1.165) is 4.88 Å². The highest BCUT2D eigenvalue weighted by Gasteiger charge is 2.22. The van der Waals surface area contributed by atoms with Crippen LogP contribution in [0.3, 0.4) is 0 Å². The molecule has 3 N–H and O–H groups in total. The van der Waals surface area contributed by atoms with Crippen molar-refractivity contribution in [2.75, 3.05) is 5.73 Å². The summed E-state index contributed by atoms with van der Waals surface area (Å²) < 4.78 is 0. The number of hydrogen-bond acceptors (Lipinski definition) is 4. The lowest BCUT2D eigenvalue weighted by atomic mass is 10.0. The van der Waals surface area contributed by atoms with E-state index < -0.39 is 5.60 Å². The molecule has 4 heteroatoms. The molecule has 0 fully saturated rings. The smallest absolute Gasteiger partial charge is 0.180 e. The van der Waals surface area contributed by atoms with Gasteiger partial charge < -0.3 is 10.8 Å². The van der Waals surface area contributed by atoms with Crippen LogP contribution in [-0.2, 0) is 5.60 Å². The molecule has 11 heavy (non-hydrogen) atoms. The number of nitrogens with two attached hydrogens (primary N) is 1. The first-order valence-electron chi connectivity index (χ1n) is 3.50. The molecule has 0 aliphatic rings. The Balaban J connectivity index is 2.92. The Hall–Kier alpha value is -0.610. The van der Waals surface area contributed by atoms with Gasteiger partial charge in [-0.1, -0.05) is 18.3 Å². The summed E-state index contributed by atoms with van der Waals surface area (Å²) >= 11 is 1.34. The zero-order valence-corrected chi connectivity index (χ0v) is 7.48. The van der Waals surface area contributed by atoms with Crippen LogP contribution < -0.4 is 5.73 Å². The molecule has 1 unspecified atom stereocenters. The van der Waals surface area contributed by atoms with Crippen molar-refractivity contribution in [2.24, 2.45) is 0 Å². The van der Waals surface area contributed by atoms with Crippen molar-refractivity contribution >= 4 is 16.5 Å². The van der Waals surface area contributed by atoms with Gasteiger partial charge in [0.25, 0.3) is 0 Å². The molecule has 3 nitrogen and oxygen atoms in total. The van der Waals surface area contributed by atoms with Crippen molar-refractivity contribution < 1.29 is 5.11 Å². The van der Waals surface area contributed by atoms with Gasteiger partial charge in [0.1, 0.15) is 0 Å². The van der Waals surface area contributed by atoms with Crippen LogP contribution in [0.2, 0.25) is 0 Å². The molecule has 1 aromatic rings. The average Bonchev–Trinajstić information content (AvgIpc) is 2.36. The van der Waals surface area contributed by atoms with Crippen LogP contribution in [-0.4, -0.2) is 10.1 Å². The summed E-state index contributed by atoms with van der Waals surface area (Å²) in [5.41, 5.74) is 4.66. The number of thiazole rings is 1. The fraction of sp³-hybridized carbons (Fsp3) is 0.571. The van der Waals surface area contributed by atoms with Crippen LogP contribution in [0.4, 0.5) is 5.13 Å². The molecule has 0 aromatic carbocycles. The number of nitrogens with zero attached hydrogens (tertiary/aromatic N) is 1. The zero-order chi connectivity index (χ0) is 8.48. The molecule has 1 heterocycles. The average molecular weight is 172 g/mol. The summed E-state index contributed by atoms with van der Waals surface area (Å²) in [5, 5.41) is 10.2. The van der Waals surface area contributed by atoms with Crippen LogP contribution >= 0.6 is 11.3 Å². The maximum absolute atomic E-state index is 9.72. The molecular formula is C7H12N2OS. The van der Waals surface area contributed by atoms with E-state index in [2.05, 4.69) is 4.98 Å². The molecule has 1 atom stereocenters. The normalized spacial score (nSPS) is 16.3. The maximum atomic E-state index is 9.72. The van der Waals surface area contributed by atoms with E-state index in [9.17, 15) is 5.11 Å². The minimum atomic E-state index is -0.769. The van der Waals surface area contributed by atoms with Gasteiger partial charge in [-0.25, -0.2) is 4.98 Å². The number of aromatic nitrogens is 1. The van der Waals surface area contributed by atoms with Gasteiger partial charge in [0, 0.05) is 6.20 Å². The van der Waals surface area contributed by atoms with Crippen molar-refractivity contribution in [3.63, 3.8) is 0 Å². The van der Waals surface area contributed by atoms with Gasteiger partial charge in [0.15, 0.2) is 5.13 Å². The van der Waals surface area contributed by atoms with Crippen LogP contribution in [0.1, 0.15) is 25.1 Å². The quantitative estimate of drug-likeness (QED) is 0.707. The number of nitrogen functional groups attached to an aromatic ring is 1. The van der Waals surface area contributed by atoms with Gasteiger partial charge in [0.05, 0.1) is 10.5 Å². The molecule has 0 aliphatic heterocycles. The fourth-order valence-corrected chi connectivity index (χ4v) is 1.51. The summed E-state index contributed by atoms with van der Waals surface area (Å²) in [6, 6.07) is 0. The highest BCUT2D eigenvalue weighted by atomic mass is 32.1. The number of aliphatic hydroxyl groups is 1. The maximum Gasteiger partial charge on any atom is 0.180 e. The molecule has 0 bridgehead atoms. The van der Waals surface area contributed by atoms with Crippen molar-refractivity contribution in [2.45, 2.75) is 25.9 Å². The first-order chi connectivity index (χ1) is 5.06. The molecule has 0 saturated carbocycles. The van der Waals surface area contributed by atoms with Crippen molar-refractivity contribution in [3.05, 3.63) is 11.1 Å². The Morgan fingerprint density at radius 1 is 1.82 bits per heavy atom. The third-order valence-corrected chi connectivity index (χ3v) is 2.82. The predicted molar refractivity (Wildman–Crippen MR) is 46.4 cm³/mol. The Kier molecular flexibility index (Phi) is 2.15. The molecule has 0 spiro atoms. The third-order valence-electron chi connectivity index (χ3n) is 1.74. The van der Waals surface area contributed by atoms with Gasteiger partial charge in [-0.15, -0.1) is 0 Å². The Morgan fingerprint density at radius 3 is 2.82 bits per heavy atom. The highest BCUT2D eigenvalue weighted by molar-refractivity contribution is 7.15. The van der Waals surface area contributed by atoms with Gasteiger partial charge in [-0.2, -0.15) is 0 Å². The second-order valence-corrected chi connectivity index (χ2v) is 3.75. The van der Waals surface area contributed by atoms with Gasteiger partial charge >= 0.3 is 0 Å². The summed E-state index contributed by atoms with van der Waals surface area (Å²) in [7, 11) is 0. The predicted octanol–water partition coefficient (Wildman–Crippen LogP) is 1.34. The fourth-order valence-electron chi connectivity index (χ4n) is 0.711. The minimum absolute atomic E-state index is 0.508. The van der Waals surface area contributed by atoms with Crippen LogP contribution in [0.5, 0.6) is 0 Å². The van der Waals surface area contributed by atoms with Crippen LogP contribution in [0, 0.1) is 0 Å². The molecule has 1 aromatic heterocycles. The summed E-state index contributed by atoms with van der Waals surface area (Å²) in [5.74, 6) is 0. The second kappa shape index (κ2) is 2.79. The van der Waals surface area contributed by atoms with E-state index in [4.69, 9.17) is 5.73 Å². The summed E-state index contributed by atoms with van der Waals surface area (Å²) in [6.07, 6.45) is 2.30. The number of rotatable bonds is 2. The molecule has 0 saturated heterocycles.